The predicted octanol–water partition coefficient (Wildman–Crippen LogP) is 3.65. The van der Waals surface area contributed by atoms with Gasteiger partial charge < -0.3 is 5.32 Å². The largest absolute Gasteiger partial charge is 0.310 e. The standard InChI is InChI=1S/C19H24FNO2S/c1-14(16-7-5-4-6-8-16)15(2)21-12-18-11-19(20)10-9-17(18)13-24(3,22)23/h4-11,14-15,21H,12-13H2,1-3H3/t14-,15-/m0/s1. The van der Waals surface area contributed by atoms with Crippen LogP contribution in [0.1, 0.15) is 36.5 Å². The van der Waals surface area contributed by atoms with Crippen molar-refractivity contribution in [1.29, 1.82) is 0 Å². The summed E-state index contributed by atoms with van der Waals surface area (Å²) in [6.07, 6.45) is 1.19. The summed E-state index contributed by atoms with van der Waals surface area (Å²) in [5, 5.41) is 3.39. The highest BCUT2D eigenvalue weighted by atomic mass is 32.2. The van der Waals surface area contributed by atoms with Crippen LogP contribution in [0.4, 0.5) is 4.39 Å². The summed E-state index contributed by atoms with van der Waals surface area (Å²) in [6.45, 7) is 4.64. The molecule has 1 N–H and O–H groups in total. The molecule has 0 saturated carbocycles. The van der Waals surface area contributed by atoms with E-state index < -0.39 is 9.84 Å². The van der Waals surface area contributed by atoms with Crippen LogP contribution in [0.5, 0.6) is 0 Å². The third-order valence-corrected chi connectivity index (χ3v) is 5.11. The number of sulfone groups is 1. The van der Waals surface area contributed by atoms with Crippen molar-refractivity contribution in [2.75, 3.05) is 6.26 Å². The highest BCUT2D eigenvalue weighted by Crippen LogP contribution is 2.20. The van der Waals surface area contributed by atoms with Gasteiger partial charge in [-0.1, -0.05) is 43.3 Å². The average molecular weight is 349 g/mol. The van der Waals surface area contributed by atoms with Gasteiger partial charge in [-0.15, -0.1) is 0 Å². The fourth-order valence-corrected chi connectivity index (χ4v) is 3.52. The molecule has 2 aromatic carbocycles. The maximum absolute atomic E-state index is 13.6. The Labute approximate surface area is 143 Å². The second-order valence-corrected chi connectivity index (χ2v) is 8.49. The SMILES string of the molecule is C[C@H](NCc1cc(F)ccc1CS(C)(=O)=O)[C@H](C)c1ccccc1. The van der Waals surface area contributed by atoms with Crippen LogP contribution in [0.3, 0.4) is 0 Å². The van der Waals surface area contributed by atoms with Crippen LogP contribution in [0.2, 0.25) is 0 Å². The maximum atomic E-state index is 13.6. The summed E-state index contributed by atoms with van der Waals surface area (Å²) in [6, 6.07) is 14.6. The van der Waals surface area contributed by atoms with E-state index in [-0.39, 0.29) is 23.5 Å². The minimum absolute atomic E-state index is 0.0765. The lowest BCUT2D eigenvalue weighted by Gasteiger charge is -2.22. The van der Waals surface area contributed by atoms with Crippen LogP contribution < -0.4 is 5.32 Å². The fourth-order valence-electron chi connectivity index (χ4n) is 2.68. The summed E-state index contributed by atoms with van der Waals surface area (Å²) in [5.41, 5.74) is 2.56. The molecular weight excluding hydrogens is 325 g/mol. The molecule has 0 fully saturated rings. The predicted molar refractivity (Wildman–Crippen MR) is 96.1 cm³/mol. The molecule has 0 heterocycles. The van der Waals surface area contributed by atoms with E-state index in [1.165, 1.54) is 24.0 Å². The molecule has 3 nitrogen and oxygen atoms in total. The molecule has 5 heteroatoms. The van der Waals surface area contributed by atoms with Crippen molar-refractivity contribution in [2.24, 2.45) is 0 Å². The van der Waals surface area contributed by atoms with Crippen molar-refractivity contribution in [1.82, 2.24) is 5.32 Å². The van der Waals surface area contributed by atoms with Crippen molar-refractivity contribution >= 4 is 9.84 Å². The maximum Gasteiger partial charge on any atom is 0.151 e. The molecular formula is C19H24FNO2S. The third kappa shape index (κ3) is 5.42. The summed E-state index contributed by atoms with van der Waals surface area (Å²) in [7, 11) is -3.16. The number of benzene rings is 2. The van der Waals surface area contributed by atoms with E-state index in [0.717, 1.165) is 0 Å². The normalized spacial score (nSPS) is 14.3. The van der Waals surface area contributed by atoms with Crippen LogP contribution in [-0.4, -0.2) is 20.7 Å². The van der Waals surface area contributed by atoms with Gasteiger partial charge in [0.1, 0.15) is 5.82 Å². The van der Waals surface area contributed by atoms with Crippen molar-refractivity contribution in [2.45, 2.75) is 38.1 Å². The fraction of sp³-hybridized carbons (Fsp3) is 0.368. The molecule has 24 heavy (non-hydrogen) atoms. The third-order valence-electron chi connectivity index (χ3n) is 4.28. The summed E-state index contributed by atoms with van der Waals surface area (Å²) >= 11 is 0. The van der Waals surface area contributed by atoms with Crippen LogP contribution in [0, 0.1) is 5.82 Å². The Morgan fingerprint density at radius 2 is 1.71 bits per heavy atom. The molecule has 130 valence electrons. The molecule has 2 atom stereocenters. The molecule has 0 spiro atoms. The van der Waals surface area contributed by atoms with Crippen LogP contribution in [0.25, 0.3) is 0 Å². The Morgan fingerprint density at radius 3 is 2.33 bits per heavy atom. The number of hydrogen-bond acceptors (Lipinski definition) is 3. The van der Waals surface area contributed by atoms with E-state index in [0.29, 0.717) is 17.7 Å². The van der Waals surface area contributed by atoms with Gasteiger partial charge in [0.15, 0.2) is 9.84 Å². The van der Waals surface area contributed by atoms with Gasteiger partial charge in [-0.2, -0.15) is 0 Å². The molecule has 0 saturated heterocycles. The lowest BCUT2D eigenvalue weighted by Crippen LogP contribution is -2.31. The molecule has 0 amide bonds. The molecule has 0 aliphatic carbocycles. The van der Waals surface area contributed by atoms with E-state index in [4.69, 9.17) is 0 Å². The van der Waals surface area contributed by atoms with Gasteiger partial charge in [0.2, 0.25) is 0 Å². The zero-order valence-corrected chi connectivity index (χ0v) is 15.1. The highest BCUT2D eigenvalue weighted by molar-refractivity contribution is 7.89. The van der Waals surface area contributed by atoms with Crippen molar-refractivity contribution < 1.29 is 12.8 Å². The molecule has 0 aromatic heterocycles. The Kier molecular flexibility index (Phi) is 6.13. The van der Waals surface area contributed by atoms with Crippen LogP contribution >= 0.6 is 0 Å². The second-order valence-electron chi connectivity index (χ2n) is 6.35. The van der Waals surface area contributed by atoms with E-state index in [2.05, 4.69) is 31.3 Å². The molecule has 2 aromatic rings. The molecule has 0 radical (unpaired) electrons. The van der Waals surface area contributed by atoms with Crippen LogP contribution in [-0.2, 0) is 22.1 Å². The first-order chi connectivity index (χ1) is 11.3. The molecule has 0 aliphatic rings. The Bertz CT molecular complexity index is 775. The summed E-state index contributed by atoms with van der Waals surface area (Å²) in [5.74, 6) is -0.140. The van der Waals surface area contributed by atoms with Crippen molar-refractivity contribution in [3.8, 4) is 0 Å². The van der Waals surface area contributed by atoms with Gasteiger partial charge in [0.25, 0.3) is 0 Å². The minimum Gasteiger partial charge on any atom is -0.310 e. The molecule has 0 unspecified atom stereocenters. The Hall–Kier alpha value is -1.72. The zero-order chi connectivity index (χ0) is 17.7. The van der Waals surface area contributed by atoms with Gasteiger partial charge in [-0.05, 0) is 41.7 Å². The smallest absolute Gasteiger partial charge is 0.151 e. The average Bonchev–Trinajstić information content (AvgIpc) is 2.53. The van der Waals surface area contributed by atoms with Crippen LogP contribution in [0.15, 0.2) is 48.5 Å². The first-order valence-corrected chi connectivity index (χ1v) is 10.1. The van der Waals surface area contributed by atoms with Gasteiger partial charge in [0, 0.05) is 18.8 Å². The topological polar surface area (TPSA) is 46.2 Å². The van der Waals surface area contributed by atoms with Gasteiger partial charge in [-0.3, -0.25) is 0 Å². The number of rotatable bonds is 7. The van der Waals surface area contributed by atoms with Crippen molar-refractivity contribution in [3.63, 3.8) is 0 Å². The monoisotopic (exact) mass is 349 g/mol. The molecule has 2 rings (SSSR count). The van der Waals surface area contributed by atoms with E-state index in [1.54, 1.807) is 6.07 Å². The van der Waals surface area contributed by atoms with E-state index >= 15 is 0 Å². The lowest BCUT2D eigenvalue weighted by molar-refractivity contribution is 0.478. The number of hydrogen-bond donors (Lipinski definition) is 1. The van der Waals surface area contributed by atoms with Crippen molar-refractivity contribution in [3.05, 3.63) is 71.0 Å². The molecule has 0 aliphatic heterocycles. The van der Waals surface area contributed by atoms with Gasteiger partial charge in [-0.25, -0.2) is 12.8 Å². The highest BCUT2D eigenvalue weighted by Gasteiger charge is 2.15. The second kappa shape index (κ2) is 7.90. The van der Waals surface area contributed by atoms with E-state index in [9.17, 15) is 12.8 Å². The lowest BCUT2D eigenvalue weighted by atomic mass is 9.94. The van der Waals surface area contributed by atoms with Gasteiger partial charge >= 0.3 is 0 Å². The minimum atomic E-state index is -3.16. The number of halogens is 1. The first-order valence-electron chi connectivity index (χ1n) is 7.99. The Balaban J connectivity index is 2.09. The first kappa shape index (κ1) is 18.6. The molecule has 0 bridgehead atoms. The van der Waals surface area contributed by atoms with Gasteiger partial charge in [0.05, 0.1) is 5.75 Å². The Morgan fingerprint density at radius 1 is 1.04 bits per heavy atom. The summed E-state index contributed by atoms with van der Waals surface area (Å²) in [4.78, 5) is 0. The summed E-state index contributed by atoms with van der Waals surface area (Å²) < 4.78 is 36.7. The van der Waals surface area contributed by atoms with E-state index in [1.807, 2.05) is 18.2 Å². The zero-order valence-electron chi connectivity index (χ0n) is 14.3. The number of nitrogens with one attached hydrogen (secondary N) is 1. The quantitative estimate of drug-likeness (QED) is 0.830.